The molecule has 58 heavy (non-hydrogen) atoms. The van der Waals surface area contributed by atoms with Crippen molar-refractivity contribution in [2.75, 3.05) is 66.3 Å². The van der Waals surface area contributed by atoms with Crippen LogP contribution < -0.4 is 30.5 Å². The average molecular weight is 820 g/mol. The summed E-state index contributed by atoms with van der Waals surface area (Å²) in [5.74, 6) is -0.244. The lowest BCUT2D eigenvalue weighted by molar-refractivity contribution is -0.138. The smallest absolute Gasteiger partial charge is 0.419 e. The van der Waals surface area contributed by atoms with Crippen molar-refractivity contribution in [3.63, 3.8) is 0 Å². The van der Waals surface area contributed by atoms with E-state index in [2.05, 4.69) is 30.7 Å². The van der Waals surface area contributed by atoms with E-state index in [-0.39, 0.29) is 42.3 Å². The second-order valence-electron chi connectivity index (χ2n) is 15.4. The van der Waals surface area contributed by atoms with Crippen molar-refractivity contribution in [2.24, 2.45) is 0 Å². The Kier molecular flexibility index (Phi) is 11.6. The molecule has 4 heterocycles. The lowest BCUT2D eigenvalue weighted by Crippen LogP contribution is -2.49. The minimum Gasteiger partial charge on any atom is -0.492 e. The summed E-state index contributed by atoms with van der Waals surface area (Å²) >= 11 is 4.72. The third kappa shape index (κ3) is 8.86. The number of hydrogen-bond acceptors (Lipinski definition) is 12. The highest BCUT2D eigenvalue weighted by atomic mass is 32.1. The summed E-state index contributed by atoms with van der Waals surface area (Å²) in [7, 11) is 0. The monoisotopic (exact) mass is 819 g/mol. The highest BCUT2D eigenvalue weighted by molar-refractivity contribution is 7.81. The number of piperidine rings is 1. The summed E-state index contributed by atoms with van der Waals surface area (Å²) in [6.45, 7) is 7.65. The number of halogens is 3. The van der Waals surface area contributed by atoms with Gasteiger partial charge in [0.25, 0.3) is 5.91 Å². The molecule has 3 N–H and O–H groups in total. The molecule has 0 bridgehead atoms. The Balaban J connectivity index is 0.913. The van der Waals surface area contributed by atoms with Crippen LogP contribution >= 0.6 is 12.6 Å². The Morgan fingerprint density at radius 3 is 2.43 bits per heavy atom. The Bertz CT molecular complexity index is 2130. The summed E-state index contributed by atoms with van der Waals surface area (Å²) in [6.07, 6.45) is -1.11. The largest absolute Gasteiger partial charge is 0.492 e. The van der Waals surface area contributed by atoms with E-state index in [1.165, 1.54) is 11.0 Å². The minimum atomic E-state index is -4.84. The molecule has 4 aliphatic rings. The third-order valence-electron chi connectivity index (χ3n) is 10.9. The maximum atomic E-state index is 13.8. The van der Waals surface area contributed by atoms with Crippen molar-refractivity contribution >= 4 is 59.0 Å². The van der Waals surface area contributed by atoms with Gasteiger partial charge in [-0.1, -0.05) is 6.07 Å². The van der Waals surface area contributed by atoms with Crippen LogP contribution in [0.15, 0.2) is 54.7 Å². The van der Waals surface area contributed by atoms with Gasteiger partial charge in [0.15, 0.2) is 11.2 Å². The Morgan fingerprint density at radius 1 is 1.02 bits per heavy atom. The van der Waals surface area contributed by atoms with Gasteiger partial charge in [0.05, 0.1) is 24.0 Å². The SMILES string of the molecule is CC1(C)C(=O)N(c2cnc(C#N)c(C(F)(F)F)c2)C(S)N1c1ccc(OCCN2CCN(CC(=O)Nc3cccc(NC4CCC(=O)NC4=O)c3)CC2)c(C2CC2)c1. The molecule has 306 valence electrons. The van der Waals surface area contributed by atoms with E-state index in [0.29, 0.717) is 49.7 Å². The summed E-state index contributed by atoms with van der Waals surface area (Å²) < 4.78 is 47.6. The summed E-state index contributed by atoms with van der Waals surface area (Å²) in [6, 6.07) is 14.5. The number of carbonyl (C=O) groups excluding carboxylic acids is 4. The van der Waals surface area contributed by atoms with E-state index in [1.807, 2.05) is 18.2 Å². The highest BCUT2D eigenvalue weighted by Gasteiger charge is 2.52. The van der Waals surface area contributed by atoms with Crippen molar-refractivity contribution in [1.82, 2.24) is 20.1 Å². The van der Waals surface area contributed by atoms with Gasteiger partial charge < -0.3 is 20.3 Å². The van der Waals surface area contributed by atoms with Crippen LogP contribution in [0.3, 0.4) is 0 Å². The number of imide groups is 1. The maximum absolute atomic E-state index is 13.8. The lowest BCUT2D eigenvalue weighted by Gasteiger charge is -2.34. The standard InChI is InChI=1S/C40H44F3N9O5S/c1-39(2)37(56)51(28-20-30(40(41,42)43)32(21-44)45-22-28)38(58)52(39)27-8-10-33(29(19-27)24-6-7-24)57-17-16-49-12-14-50(15-13-49)23-35(54)47-26-5-3-4-25(18-26)46-31-9-11-34(53)48-36(31)55/h3-5,8,10,18-20,22,24,31,38,46,58H,6-7,9,11-17,23H2,1-2H3,(H,47,54)(H,48,53,55). The van der Waals surface area contributed by atoms with Crippen LogP contribution in [0, 0.1) is 11.3 Å². The van der Waals surface area contributed by atoms with Gasteiger partial charge in [0.2, 0.25) is 17.7 Å². The Morgan fingerprint density at radius 2 is 1.74 bits per heavy atom. The zero-order valence-corrected chi connectivity index (χ0v) is 32.9. The first-order valence-electron chi connectivity index (χ1n) is 19.1. The molecule has 3 saturated heterocycles. The number of pyridine rings is 1. The molecule has 2 aromatic carbocycles. The third-order valence-corrected chi connectivity index (χ3v) is 11.3. The van der Waals surface area contributed by atoms with Gasteiger partial charge in [0.1, 0.15) is 30.0 Å². The van der Waals surface area contributed by atoms with E-state index in [4.69, 9.17) is 17.4 Å². The fraction of sp³-hybridized carbons (Fsp3) is 0.450. The molecule has 0 radical (unpaired) electrons. The number of thiol groups is 1. The lowest BCUT2D eigenvalue weighted by atomic mass is 10.0. The van der Waals surface area contributed by atoms with Crippen molar-refractivity contribution in [3.05, 3.63) is 71.5 Å². The van der Waals surface area contributed by atoms with E-state index in [0.717, 1.165) is 49.5 Å². The van der Waals surface area contributed by atoms with Crippen LogP contribution in [0.4, 0.5) is 35.9 Å². The van der Waals surface area contributed by atoms with Gasteiger partial charge in [-0.3, -0.25) is 39.2 Å². The molecule has 0 spiro atoms. The molecular weight excluding hydrogens is 776 g/mol. The van der Waals surface area contributed by atoms with Crippen molar-refractivity contribution < 1.29 is 37.1 Å². The molecule has 4 fully saturated rings. The zero-order chi connectivity index (χ0) is 41.4. The van der Waals surface area contributed by atoms with Gasteiger partial charge in [-0.2, -0.15) is 18.4 Å². The molecule has 4 amide bonds. The number of hydrogen-bond donors (Lipinski definition) is 4. The highest BCUT2D eigenvalue weighted by Crippen LogP contribution is 2.48. The van der Waals surface area contributed by atoms with Crippen LogP contribution in [0.5, 0.6) is 5.75 Å². The molecule has 2 unspecified atom stereocenters. The molecule has 1 saturated carbocycles. The molecule has 14 nitrogen and oxygen atoms in total. The van der Waals surface area contributed by atoms with Gasteiger partial charge in [0, 0.05) is 56.2 Å². The van der Waals surface area contributed by atoms with E-state index in [1.54, 1.807) is 43.0 Å². The first-order chi connectivity index (χ1) is 27.6. The normalized spacial score (nSPS) is 21.4. The Hall–Kier alpha value is -5.38. The van der Waals surface area contributed by atoms with Crippen molar-refractivity contribution in [1.29, 1.82) is 5.26 Å². The number of anilines is 4. The van der Waals surface area contributed by atoms with Gasteiger partial charge in [-0.15, -0.1) is 12.6 Å². The molecule has 18 heteroatoms. The van der Waals surface area contributed by atoms with E-state index < -0.39 is 40.4 Å². The predicted octanol–water partition coefficient (Wildman–Crippen LogP) is 4.55. The second kappa shape index (κ2) is 16.5. The molecule has 3 aliphatic heterocycles. The topological polar surface area (TPSA) is 163 Å². The maximum Gasteiger partial charge on any atom is 0.419 e. The fourth-order valence-electron chi connectivity index (χ4n) is 7.61. The van der Waals surface area contributed by atoms with E-state index >= 15 is 0 Å². The predicted molar refractivity (Wildman–Crippen MR) is 212 cm³/mol. The van der Waals surface area contributed by atoms with Crippen molar-refractivity contribution in [2.45, 2.75) is 68.7 Å². The minimum absolute atomic E-state index is 0.109. The number of rotatable bonds is 12. The number of piperazine rings is 1. The summed E-state index contributed by atoms with van der Waals surface area (Å²) in [5, 5.41) is 17.6. The van der Waals surface area contributed by atoms with Crippen LogP contribution in [0.1, 0.15) is 62.3 Å². The number of alkyl halides is 3. The number of amides is 4. The quantitative estimate of drug-likeness (QED) is 0.150. The van der Waals surface area contributed by atoms with Crippen LogP contribution in [-0.4, -0.2) is 101 Å². The van der Waals surface area contributed by atoms with E-state index in [9.17, 15) is 37.6 Å². The zero-order valence-electron chi connectivity index (χ0n) is 32.0. The Labute approximate surface area is 339 Å². The molecule has 7 rings (SSSR count). The number of ether oxygens (including phenoxy) is 1. The van der Waals surface area contributed by atoms with Crippen molar-refractivity contribution in [3.8, 4) is 11.8 Å². The first-order valence-corrected chi connectivity index (χ1v) is 19.6. The average Bonchev–Trinajstić information content (AvgIpc) is 4.00. The number of carbonyl (C=O) groups is 4. The second-order valence-corrected chi connectivity index (χ2v) is 15.9. The summed E-state index contributed by atoms with van der Waals surface area (Å²) in [4.78, 5) is 61.3. The number of nitriles is 1. The molecule has 1 aromatic heterocycles. The number of benzene rings is 2. The molecule has 2 atom stereocenters. The number of aromatic nitrogens is 1. The molecule has 1 aliphatic carbocycles. The van der Waals surface area contributed by atoms with Crippen LogP contribution in [0.25, 0.3) is 0 Å². The number of nitrogens with zero attached hydrogens (tertiary/aromatic N) is 6. The molecular formula is C40H44F3N9O5S. The van der Waals surface area contributed by atoms with Gasteiger partial charge in [-0.05, 0) is 87.1 Å². The summed E-state index contributed by atoms with van der Waals surface area (Å²) in [5.41, 5.74) is -1.30. The van der Waals surface area contributed by atoms with Gasteiger partial charge >= 0.3 is 6.18 Å². The van der Waals surface area contributed by atoms with Gasteiger partial charge in [-0.25, -0.2) is 4.98 Å². The fourth-order valence-corrected chi connectivity index (χ4v) is 8.27. The number of nitrogens with one attached hydrogen (secondary N) is 3. The van der Waals surface area contributed by atoms with Crippen LogP contribution in [0.2, 0.25) is 0 Å². The van der Waals surface area contributed by atoms with Crippen LogP contribution in [-0.2, 0) is 25.4 Å². The molecule has 3 aromatic rings. The first kappa shape index (κ1) is 40.8.